The summed E-state index contributed by atoms with van der Waals surface area (Å²) in [7, 11) is 0. The zero-order valence-corrected chi connectivity index (χ0v) is 8.66. The molecule has 0 atom stereocenters. The number of amides is 1. The van der Waals surface area contributed by atoms with Crippen molar-refractivity contribution in [2.24, 2.45) is 4.99 Å². The highest BCUT2D eigenvalue weighted by Gasteiger charge is 2.50. The van der Waals surface area contributed by atoms with Gasteiger partial charge in [-0.05, 0) is 33.4 Å². The highest BCUT2D eigenvalue weighted by molar-refractivity contribution is 5.82. The number of hydrogen-bond donors (Lipinski definition) is 0. The molecule has 0 unspecified atom stereocenters. The zero-order chi connectivity index (χ0) is 10.8. The van der Waals surface area contributed by atoms with E-state index in [2.05, 4.69) is 17.8 Å². The first kappa shape index (κ1) is 10.9. The molecule has 1 amide bonds. The third-order valence-electron chi connectivity index (χ3n) is 2.59. The number of hydrogen-bond acceptors (Lipinski definition) is 3. The third-order valence-corrected chi connectivity index (χ3v) is 2.59. The number of aliphatic imine (C=N–C) groups is 1. The Hall–Kier alpha value is -1.21. The van der Waals surface area contributed by atoms with Crippen molar-refractivity contribution in [3.8, 4) is 6.07 Å². The van der Waals surface area contributed by atoms with Gasteiger partial charge in [0.15, 0.2) is 0 Å². The Morgan fingerprint density at radius 1 is 1.71 bits per heavy atom. The molecule has 1 aliphatic rings. The Balaban J connectivity index is 2.71. The van der Waals surface area contributed by atoms with E-state index in [4.69, 9.17) is 5.26 Å². The van der Waals surface area contributed by atoms with Crippen molar-refractivity contribution in [1.29, 1.82) is 5.26 Å². The molecular weight excluding hydrogens is 178 g/mol. The van der Waals surface area contributed by atoms with Crippen LogP contribution in [0.2, 0.25) is 0 Å². The summed E-state index contributed by atoms with van der Waals surface area (Å²) < 4.78 is 0. The van der Waals surface area contributed by atoms with Crippen LogP contribution in [0.4, 0.5) is 0 Å². The van der Waals surface area contributed by atoms with E-state index < -0.39 is 5.54 Å². The smallest absolute Gasteiger partial charge is 0.259 e. The fourth-order valence-electron chi connectivity index (χ4n) is 1.61. The first-order valence-corrected chi connectivity index (χ1v) is 4.73. The Morgan fingerprint density at radius 2 is 2.29 bits per heavy atom. The molecule has 0 bridgehead atoms. The van der Waals surface area contributed by atoms with Crippen molar-refractivity contribution >= 4 is 12.6 Å². The van der Waals surface area contributed by atoms with E-state index in [1.165, 1.54) is 0 Å². The Bertz CT molecular complexity index is 286. The lowest BCUT2D eigenvalue weighted by Gasteiger charge is -2.29. The van der Waals surface area contributed by atoms with Crippen LogP contribution in [-0.2, 0) is 4.79 Å². The first-order chi connectivity index (χ1) is 6.55. The van der Waals surface area contributed by atoms with Crippen LogP contribution < -0.4 is 0 Å². The summed E-state index contributed by atoms with van der Waals surface area (Å²) in [4.78, 5) is 16.4. The molecule has 4 heteroatoms. The quantitative estimate of drug-likeness (QED) is 0.625. The Kier molecular flexibility index (Phi) is 3.02. The average molecular weight is 193 g/mol. The van der Waals surface area contributed by atoms with E-state index in [0.29, 0.717) is 0 Å². The van der Waals surface area contributed by atoms with Gasteiger partial charge in [-0.15, -0.1) is 0 Å². The maximum absolute atomic E-state index is 11.1. The summed E-state index contributed by atoms with van der Waals surface area (Å²) >= 11 is 0. The summed E-state index contributed by atoms with van der Waals surface area (Å²) in [6.07, 6.45) is 1.71. The van der Waals surface area contributed by atoms with Crippen LogP contribution in [0.1, 0.15) is 26.7 Å². The fourth-order valence-corrected chi connectivity index (χ4v) is 1.61. The summed E-state index contributed by atoms with van der Waals surface area (Å²) in [6, 6.07) is 2.46. The van der Waals surface area contributed by atoms with Gasteiger partial charge in [-0.25, -0.2) is 4.99 Å². The molecule has 0 spiro atoms. The number of carbonyl (C=O) groups excluding carboxylic acids is 1. The Labute approximate surface area is 84.2 Å². The van der Waals surface area contributed by atoms with Gasteiger partial charge in [0.2, 0.25) is 0 Å². The molecule has 0 aromatic heterocycles. The first-order valence-electron chi connectivity index (χ1n) is 4.73. The van der Waals surface area contributed by atoms with Crippen LogP contribution >= 0.6 is 0 Å². The second-order valence-corrected chi connectivity index (χ2v) is 3.92. The second kappa shape index (κ2) is 3.89. The molecule has 76 valence electrons. The van der Waals surface area contributed by atoms with Crippen LogP contribution in [0.5, 0.6) is 0 Å². The van der Waals surface area contributed by atoms with Gasteiger partial charge < -0.3 is 0 Å². The van der Waals surface area contributed by atoms with Crippen LogP contribution in [0, 0.1) is 11.3 Å². The van der Waals surface area contributed by atoms with Gasteiger partial charge in [-0.1, -0.05) is 0 Å². The van der Waals surface area contributed by atoms with Crippen LogP contribution in [-0.4, -0.2) is 35.7 Å². The van der Waals surface area contributed by atoms with Crippen LogP contribution in [0.15, 0.2) is 4.99 Å². The van der Waals surface area contributed by atoms with Crippen molar-refractivity contribution in [1.82, 2.24) is 4.90 Å². The lowest BCUT2D eigenvalue weighted by Crippen LogP contribution is -2.44. The van der Waals surface area contributed by atoms with Crippen molar-refractivity contribution in [2.45, 2.75) is 38.3 Å². The van der Waals surface area contributed by atoms with Crippen molar-refractivity contribution in [2.75, 3.05) is 6.54 Å². The fraction of sp³-hybridized carbons (Fsp3) is 0.700. The largest absolute Gasteiger partial charge is 0.274 e. The predicted molar refractivity (Wildman–Crippen MR) is 54.0 cm³/mol. The minimum absolute atomic E-state index is 0.183. The van der Waals surface area contributed by atoms with E-state index in [1.807, 2.05) is 18.7 Å². The highest BCUT2D eigenvalue weighted by atomic mass is 16.1. The van der Waals surface area contributed by atoms with Crippen molar-refractivity contribution in [3.63, 3.8) is 0 Å². The number of carbonyl (C=O) groups is 1. The van der Waals surface area contributed by atoms with Gasteiger partial charge in [0.05, 0.1) is 12.6 Å². The van der Waals surface area contributed by atoms with Gasteiger partial charge >= 0.3 is 0 Å². The highest BCUT2D eigenvalue weighted by Crippen LogP contribution is 2.41. The summed E-state index contributed by atoms with van der Waals surface area (Å²) in [5.74, 6) is -0.264. The molecule has 0 saturated heterocycles. The van der Waals surface area contributed by atoms with Gasteiger partial charge in [-0.3, -0.25) is 9.69 Å². The molecule has 0 aliphatic heterocycles. The molecule has 14 heavy (non-hydrogen) atoms. The van der Waals surface area contributed by atoms with Gasteiger partial charge in [-0.2, -0.15) is 5.26 Å². The molecule has 0 aromatic rings. The SMILES string of the molecule is C=NC(=O)CN(C(C)C)C1(C#N)CC1. The van der Waals surface area contributed by atoms with E-state index in [1.54, 1.807) is 0 Å². The van der Waals surface area contributed by atoms with Crippen molar-refractivity contribution < 1.29 is 4.79 Å². The maximum atomic E-state index is 11.1. The van der Waals surface area contributed by atoms with Gasteiger partial charge in [0.25, 0.3) is 5.91 Å². The molecule has 4 nitrogen and oxygen atoms in total. The molecular formula is C10H15N3O. The third kappa shape index (κ3) is 1.99. The minimum atomic E-state index is -0.408. The molecule has 0 heterocycles. The van der Waals surface area contributed by atoms with Crippen molar-refractivity contribution in [3.05, 3.63) is 0 Å². The number of rotatable bonds is 4. The zero-order valence-electron chi connectivity index (χ0n) is 8.66. The Morgan fingerprint density at radius 3 is 2.57 bits per heavy atom. The molecule has 0 N–H and O–H groups in total. The standard InChI is InChI=1S/C10H15N3O/c1-8(2)13(6-9(14)12-3)10(7-11)4-5-10/h8H,3-6H2,1-2H3. The van der Waals surface area contributed by atoms with E-state index >= 15 is 0 Å². The molecule has 1 fully saturated rings. The lowest BCUT2D eigenvalue weighted by atomic mass is 10.2. The minimum Gasteiger partial charge on any atom is -0.274 e. The monoisotopic (exact) mass is 193 g/mol. The van der Waals surface area contributed by atoms with Crippen LogP contribution in [0.25, 0.3) is 0 Å². The number of nitriles is 1. The van der Waals surface area contributed by atoms with E-state index in [-0.39, 0.29) is 18.5 Å². The van der Waals surface area contributed by atoms with Crippen LogP contribution in [0.3, 0.4) is 0 Å². The molecule has 1 aliphatic carbocycles. The average Bonchev–Trinajstić information content (AvgIpc) is 2.94. The molecule has 0 radical (unpaired) electrons. The van der Waals surface area contributed by atoms with E-state index in [0.717, 1.165) is 12.8 Å². The molecule has 0 aromatic carbocycles. The maximum Gasteiger partial charge on any atom is 0.259 e. The lowest BCUT2D eigenvalue weighted by molar-refractivity contribution is -0.119. The normalized spacial score (nSPS) is 17.9. The van der Waals surface area contributed by atoms with Gasteiger partial charge in [0.1, 0.15) is 5.54 Å². The van der Waals surface area contributed by atoms with E-state index in [9.17, 15) is 4.79 Å². The second-order valence-electron chi connectivity index (χ2n) is 3.92. The summed E-state index contributed by atoms with van der Waals surface area (Å²) in [6.45, 7) is 7.36. The van der Waals surface area contributed by atoms with Gasteiger partial charge in [0, 0.05) is 6.04 Å². The topological polar surface area (TPSA) is 56.5 Å². The molecule has 1 rings (SSSR count). The molecule has 1 saturated carbocycles. The summed E-state index contributed by atoms with van der Waals surface area (Å²) in [5.41, 5.74) is -0.408. The summed E-state index contributed by atoms with van der Waals surface area (Å²) in [5, 5.41) is 9.01. The predicted octanol–water partition coefficient (Wildman–Crippen LogP) is 0.980. The number of nitrogens with zero attached hydrogens (tertiary/aromatic N) is 3.